The quantitative estimate of drug-likeness (QED) is 0.654. The van der Waals surface area contributed by atoms with E-state index in [1.807, 2.05) is 45.0 Å². The second-order valence-electron chi connectivity index (χ2n) is 7.85. The number of hydrogen-bond donors (Lipinski definition) is 0. The molecule has 1 aliphatic rings. The molecule has 1 atom stereocenters. The van der Waals surface area contributed by atoms with Crippen LogP contribution in [0.3, 0.4) is 0 Å². The number of aromatic nitrogens is 4. The van der Waals surface area contributed by atoms with Crippen molar-refractivity contribution >= 4 is 28.6 Å². The fourth-order valence-corrected chi connectivity index (χ4v) is 3.83. The number of benzene rings is 1. The van der Waals surface area contributed by atoms with Gasteiger partial charge < -0.3 is 0 Å². The van der Waals surface area contributed by atoms with Crippen LogP contribution in [0.5, 0.6) is 0 Å². The van der Waals surface area contributed by atoms with Crippen molar-refractivity contribution in [2.24, 2.45) is 12.1 Å². The number of anilines is 1. The SMILES string of the molecule is CC(=O)CN1N=C(C)C(C)n2c1nc1c2c(=O)n(Cc2cccc(C)c2)c(=O)n1C. The summed E-state index contributed by atoms with van der Waals surface area (Å²) in [7, 11) is 1.60. The van der Waals surface area contributed by atoms with Crippen LogP contribution in [0.1, 0.15) is 37.9 Å². The molecule has 3 aromatic rings. The molecule has 0 N–H and O–H groups in total. The number of rotatable bonds is 4. The van der Waals surface area contributed by atoms with Crippen molar-refractivity contribution in [2.45, 2.75) is 40.3 Å². The van der Waals surface area contributed by atoms with Gasteiger partial charge in [-0.2, -0.15) is 10.1 Å². The molecule has 9 heteroatoms. The minimum atomic E-state index is -0.437. The zero-order valence-corrected chi connectivity index (χ0v) is 17.7. The topological polar surface area (TPSA) is 94.5 Å². The Morgan fingerprint density at radius 2 is 1.93 bits per heavy atom. The molecule has 1 aliphatic heterocycles. The second kappa shape index (κ2) is 7.08. The number of hydrazone groups is 1. The summed E-state index contributed by atoms with van der Waals surface area (Å²) in [4.78, 5) is 42.7. The van der Waals surface area contributed by atoms with E-state index in [0.717, 1.165) is 16.8 Å². The van der Waals surface area contributed by atoms with E-state index in [4.69, 9.17) is 0 Å². The normalized spacial score (nSPS) is 16.0. The van der Waals surface area contributed by atoms with Gasteiger partial charge in [-0.05, 0) is 33.3 Å². The minimum absolute atomic E-state index is 0.0405. The van der Waals surface area contributed by atoms with E-state index < -0.39 is 11.2 Å². The first-order valence-corrected chi connectivity index (χ1v) is 9.78. The van der Waals surface area contributed by atoms with Crippen LogP contribution in [0.4, 0.5) is 5.95 Å². The maximum atomic E-state index is 13.5. The summed E-state index contributed by atoms with van der Waals surface area (Å²) in [6, 6.07) is 7.49. The summed E-state index contributed by atoms with van der Waals surface area (Å²) in [6.07, 6.45) is 0. The third-order valence-corrected chi connectivity index (χ3v) is 5.45. The molecule has 1 unspecified atom stereocenters. The highest BCUT2D eigenvalue weighted by atomic mass is 16.2. The smallest absolute Gasteiger partial charge is 0.298 e. The standard InChI is InChI=1S/C21H24N6O3/c1-12-7-6-8-16(9-12)11-25-19(29)17-18(24(5)21(25)30)22-20-26(10-13(2)28)23-14(3)15(4)27(17)20/h6-9,15H,10-11H2,1-5H3. The molecule has 0 amide bonds. The van der Waals surface area contributed by atoms with E-state index in [1.54, 1.807) is 11.6 Å². The molecule has 9 nitrogen and oxygen atoms in total. The van der Waals surface area contributed by atoms with Crippen LogP contribution in [0.15, 0.2) is 39.0 Å². The van der Waals surface area contributed by atoms with Crippen LogP contribution in [0.25, 0.3) is 11.2 Å². The van der Waals surface area contributed by atoms with Gasteiger partial charge in [-0.25, -0.2) is 9.80 Å². The van der Waals surface area contributed by atoms with Gasteiger partial charge in [-0.3, -0.25) is 23.3 Å². The van der Waals surface area contributed by atoms with Crippen molar-refractivity contribution in [3.05, 3.63) is 56.2 Å². The molecule has 156 valence electrons. The third-order valence-electron chi connectivity index (χ3n) is 5.45. The molecule has 0 fully saturated rings. The average Bonchev–Trinajstić information content (AvgIpc) is 3.09. The molecular formula is C21H24N6O3. The molecular weight excluding hydrogens is 384 g/mol. The van der Waals surface area contributed by atoms with Crippen molar-refractivity contribution in [1.29, 1.82) is 0 Å². The fourth-order valence-electron chi connectivity index (χ4n) is 3.83. The van der Waals surface area contributed by atoms with Gasteiger partial charge in [0.2, 0.25) is 5.95 Å². The van der Waals surface area contributed by atoms with Crippen molar-refractivity contribution in [2.75, 3.05) is 11.6 Å². The zero-order chi connectivity index (χ0) is 21.7. The van der Waals surface area contributed by atoms with Gasteiger partial charge in [-0.1, -0.05) is 29.8 Å². The Hall–Kier alpha value is -3.49. The van der Waals surface area contributed by atoms with Gasteiger partial charge in [0, 0.05) is 7.05 Å². The molecule has 0 saturated carbocycles. The van der Waals surface area contributed by atoms with E-state index in [9.17, 15) is 14.4 Å². The number of ketones is 1. The Kier molecular flexibility index (Phi) is 4.68. The van der Waals surface area contributed by atoms with E-state index in [-0.39, 0.29) is 30.6 Å². The van der Waals surface area contributed by atoms with Gasteiger partial charge in [-0.15, -0.1) is 0 Å². The largest absolute Gasteiger partial charge is 0.332 e. The lowest BCUT2D eigenvalue weighted by atomic mass is 10.1. The number of hydrogen-bond acceptors (Lipinski definition) is 6. The lowest BCUT2D eigenvalue weighted by Crippen LogP contribution is -2.40. The van der Waals surface area contributed by atoms with Crippen LogP contribution in [0.2, 0.25) is 0 Å². The molecule has 2 aromatic heterocycles. The van der Waals surface area contributed by atoms with Crippen molar-refractivity contribution in [3.63, 3.8) is 0 Å². The first kappa shape index (κ1) is 19.8. The molecule has 4 rings (SSSR count). The molecule has 0 radical (unpaired) electrons. The van der Waals surface area contributed by atoms with Crippen molar-refractivity contribution in [1.82, 2.24) is 18.7 Å². The molecule has 0 spiro atoms. The summed E-state index contributed by atoms with van der Waals surface area (Å²) in [5, 5.41) is 5.96. The molecule has 3 heterocycles. The number of aryl methyl sites for hydroxylation is 2. The van der Waals surface area contributed by atoms with Crippen molar-refractivity contribution in [3.8, 4) is 0 Å². The molecule has 0 aliphatic carbocycles. The van der Waals surface area contributed by atoms with Crippen LogP contribution in [0, 0.1) is 6.92 Å². The Morgan fingerprint density at radius 1 is 1.20 bits per heavy atom. The number of imidazole rings is 1. The molecule has 0 saturated heterocycles. The summed E-state index contributed by atoms with van der Waals surface area (Å²) < 4.78 is 4.39. The van der Waals surface area contributed by atoms with Gasteiger partial charge in [0.05, 0.1) is 18.3 Å². The Bertz CT molecular complexity index is 1330. The summed E-state index contributed by atoms with van der Waals surface area (Å²) in [6.45, 7) is 7.42. The lowest BCUT2D eigenvalue weighted by Gasteiger charge is -2.28. The van der Waals surface area contributed by atoms with Gasteiger partial charge in [0.25, 0.3) is 5.56 Å². The predicted octanol–water partition coefficient (Wildman–Crippen LogP) is 1.60. The molecule has 0 bridgehead atoms. The maximum absolute atomic E-state index is 13.5. The van der Waals surface area contributed by atoms with Gasteiger partial charge >= 0.3 is 5.69 Å². The van der Waals surface area contributed by atoms with Crippen molar-refractivity contribution < 1.29 is 4.79 Å². The number of carbonyl (C=O) groups excluding carboxylic acids is 1. The van der Waals surface area contributed by atoms with Gasteiger partial charge in [0.15, 0.2) is 16.9 Å². The summed E-state index contributed by atoms with van der Waals surface area (Å²) in [5.74, 6) is 0.309. The highest BCUT2D eigenvalue weighted by molar-refractivity contribution is 5.92. The van der Waals surface area contributed by atoms with Crippen LogP contribution >= 0.6 is 0 Å². The Morgan fingerprint density at radius 3 is 2.60 bits per heavy atom. The average molecular weight is 408 g/mol. The molecule has 30 heavy (non-hydrogen) atoms. The molecule has 1 aromatic carbocycles. The first-order chi connectivity index (χ1) is 14.2. The third kappa shape index (κ3) is 3.06. The monoisotopic (exact) mass is 408 g/mol. The minimum Gasteiger partial charge on any atom is -0.298 e. The number of nitrogens with zero attached hydrogens (tertiary/aromatic N) is 6. The number of carbonyl (C=O) groups is 1. The fraction of sp³-hybridized carbons (Fsp3) is 0.381. The second-order valence-corrected chi connectivity index (χ2v) is 7.85. The zero-order valence-electron chi connectivity index (χ0n) is 17.7. The highest BCUT2D eigenvalue weighted by Crippen LogP contribution is 2.29. The maximum Gasteiger partial charge on any atom is 0.332 e. The van der Waals surface area contributed by atoms with E-state index in [1.165, 1.54) is 21.1 Å². The Balaban J connectivity index is 1.98. The van der Waals surface area contributed by atoms with Crippen LogP contribution < -0.4 is 16.3 Å². The highest BCUT2D eigenvalue weighted by Gasteiger charge is 2.31. The Labute approximate surface area is 172 Å². The summed E-state index contributed by atoms with van der Waals surface area (Å²) >= 11 is 0. The van der Waals surface area contributed by atoms with E-state index >= 15 is 0 Å². The summed E-state index contributed by atoms with van der Waals surface area (Å²) in [5.41, 5.74) is 2.45. The van der Waals surface area contributed by atoms with Crippen LogP contribution in [-0.4, -0.2) is 36.7 Å². The van der Waals surface area contributed by atoms with E-state index in [2.05, 4.69) is 10.1 Å². The first-order valence-electron chi connectivity index (χ1n) is 9.78. The van der Waals surface area contributed by atoms with Gasteiger partial charge in [0.1, 0.15) is 6.54 Å². The lowest BCUT2D eigenvalue weighted by molar-refractivity contribution is -0.115. The van der Waals surface area contributed by atoms with Crippen LogP contribution in [-0.2, 0) is 18.4 Å². The number of Topliss-reactive ketones (excluding diaryl/α,β-unsaturated/α-hetero) is 1. The number of fused-ring (bicyclic) bond motifs is 3. The predicted molar refractivity (Wildman–Crippen MR) is 115 cm³/mol. The van der Waals surface area contributed by atoms with E-state index in [0.29, 0.717) is 11.5 Å².